The van der Waals surface area contributed by atoms with Gasteiger partial charge in [-0.3, -0.25) is 4.79 Å². The number of pyridine rings is 1. The zero-order chi connectivity index (χ0) is 11.0. The lowest BCUT2D eigenvalue weighted by molar-refractivity contribution is 0.0924. The van der Waals surface area contributed by atoms with Crippen molar-refractivity contribution in [2.24, 2.45) is 5.92 Å². The number of carbonyl (C=O) groups is 1. The Labute approximate surface area is 93.9 Å². The number of hydrogen-bond donors (Lipinski definition) is 1. The number of aromatic nitrogens is 2. The van der Waals surface area contributed by atoms with E-state index in [1.165, 1.54) is 12.8 Å². The normalized spacial score (nSPS) is 17.0. The third-order valence-electron chi connectivity index (χ3n) is 3.44. The summed E-state index contributed by atoms with van der Waals surface area (Å²) in [6.45, 7) is 0. The Balaban J connectivity index is 2.02. The zero-order valence-electron chi connectivity index (χ0n) is 9.07. The van der Waals surface area contributed by atoms with Gasteiger partial charge in [-0.25, -0.2) is 4.98 Å². The topological polar surface area (TPSA) is 45.8 Å². The van der Waals surface area contributed by atoms with Crippen molar-refractivity contribution in [1.29, 1.82) is 0 Å². The van der Waals surface area contributed by atoms with E-state index >= 15 is 0 Å². The molecule has 2 aromatic heterocycles. The van der Waals surface area contributed by atoms with Crippen LogP contribution < -0.4 is 0 Å². The van der Waals surface area contributed by atoms with E-state index in [-0.39, 0.29) is 11.7 Å². The van der Waals surface area contributed by atoms with Crippen LogP contribution in [0.25, 0.3) is 11.0 Å². The van der Waals surface area contributed by atoms with E-state index in [2.05, 4.69) is 9.97 Å². The molecule has 1 saturated carbocycles. The van der Waals surface area contributed by atoms with Crippen LogP contribution in [-0.4, -0.2) is 15.8 Å². The summed E-state index contributed by atoms with van der Waals surface area (Å²) in [6, 6.07) is 3.84. The highest BCUT2D eigenvalue weighted by Gasteiger charge is 2.25. The zero-order valence-corrected chi connectivity index (χ0v) is 9.07. The minimum Gasteiger partial charge on any atom is -0.345 e. The van der Waals surface area contributed by atoms with Gasteiger partial charge >= 0.3 is 0 Å². The second-order valence-electron chi connectivity index (χ2n) is 4.45. The van der Waals surface area contributed by atoms with Gasteiger partial charge in [0.2, 0.25) is 0 Å². The molecular weight excluding hydrogens is 200 g/mol. The van der Waals surface area contributed by atoms with Crippen LogP contribution in [0.1, 0.15) is 36.0 Å². The Morgan fingerprint density at radius 1 is 1.38 bits per heavy atom. The number of carbonyl (C=O) groups excluding carboxylic acids is 1. The standard InChI is InChI=1S/C13H14N2O/c16-12(9-4-1-2-5-9)11-8-15-13-10(11)6-3-7-14-13/h3,6-9H,1-2,4-5H2,(H,14,15). The van der Waals surface area contributed by atoms with Crippen LogP contribution in [0.3, 0.4) is 0 Å². The van der Waals surface area contributed by atoms with Crippen molar-refractivity contribution >= 4 is 16.8 Å². The third-order valence-corrected chi connectivity index (χ3v) is 3.44. The fourth-order valence-corrected chi connectivity index (χ4v) is 2.57. The van der Waals surface area contributed by atoms with E-state index in [0.29, 0.717) is 0 Å². The van der Waals surface area contributed by atoms with Crippen LogP contribution in [0.15, 0.2) is 24.5 Å². The number of ketones is 1. The van der Waals surface area contributed by atoms with Gasteiger partial charge in [-0.05, 0) is 25.0 Å². The lowest BCUT2D eigenvalue weighted by Gasteiger charge is -2.05. The first-order valence-electron chi connectivity index (χ1n) is 5.82. The summed E-state index contributed by atoms with van der Waals surface area (Å²) in [5.74, 6) is 0.524. The molecule has 3 nitrogen and oxygen atoms in total. The van der Waals surface area contributed by atoms with Crippen LogP contribution in [0.5, 0.6) is 0 Å². The molecule has 0 radical (unpaired) electrons. The number of hydrogen-bond acceptors (Lipinski definition) is 2. The quantitative estimate of drug-likeness (QED) is 0.781. The van der Waals surface area contributed by atoms with Crippen molar-refractivity contribution in [2.45, 2.75) is 25.7 Å². The Morgan fingerprint density at radius 3 is 3.00 bits per heavy atom. The van der Waals surface area contributed by atoms with Crippen LogP contribution in [0.4, 0.5) is 0 Å². The smallest absolute Gasteiger partial charge is 0.168 e. The van der Waals surface area contributed by atoms with Gasteiger partial charge in [-0.1, -0.05) is 12.8 Å². The molecule has 1 fully saturated rings. The van der Waals surface area contributed by atoms with Crippen molar-refractivity contribution in [3.05, 3.63) is 30.1 Å². The van der Waals surface area contributed by atoms with Crippen LogP contribution in [0, 0.1) is 5.92 Å². The first kappa shape index (κ1) is 9.58. The number of aromatic amines is 1. The second kappa shape index (κ2) is 3.74. The maximum absolute atomic E-state index is 12.3. The van der Waals surface area contributed by atoms with E-state index < -0.39 is 0 Å². The molecule has 2 aromatic rings. The summed E-state index contributed by atoms with van der Waals surface area (Å²) < 4.78 is 0. The Kier molecular flexibility index (Phi) is 2.24. The van der Waals surface area contributed by atoms with Crippen molar-refractivity contribution < 1.29 is 4.79 Å². The van der Waals surface area contributed by atoms with E-state index in [9.17, 15) is 4.79 Å². The average Bonchev–Trinajstić information content (AvgIpc) is 2.98. The predicted molar refractivity (Wildman–Crippen MR) is 62.4 cm³/mol. The summed E-state index contributed by atoms with van der Waals surface area (Å²) in [5.41, 5.74) is 1.62. The number of nitrogens with zero attached hydrogens (tertiary/aromatic N) is 1. The van der Waals surface area contributed by atoms with Gasteiger partial charge in [0.25, 0.3) is 0 Å². The molecule has 0 amide bonds. The summed E-state index contributed by atoms with van der Waals surface area (Å²) >= 11 is 0. The Morgan fingerprint density at radius 2 is 2.19 bits per heavy atom. The largest absolute Gasteiger partial charge is 0.345 e. The molecule has 3 rings (SSSR count). The van der Waals surface area contributed by atoms with Gasteiger partial charge in [-0.15, -0.1) is 0 Å². The van der Waals surface area contributed by atoms with Gasteiger partial charge in [0.05, 0.1) is 0 Å². The summed E-state index contributed by atoms with van der Waals surface area (Å²) in [6.07, 6.45) is 8.02. The first-order chi connectivity index (χ1) is 7.86. The molecule has 1 N–H and O–H groups in total. The molecule has 0 atom stereocenters. The molecule has 1 aliphatic carbocycles. The van der Waals surface area contributed by atoms with Gasteiger partial charge < -0.3 is 4.98 Å². The number of rotatable bonds is 2. The first-order valence-corrected chi connectivity index (χ1v) is 5.82. The molecule has 0 unspecified atom stereocenters. The molecule has 3 heteroatoms. The second-order valence-corrected chi connectivity index (χ2v) is 4.45. The number of nitrogens with one attached hydrogen (secondary N) is 1. The molecule has 16 heavy (non-hydrogen) atoms. The highest BCUT2D eigenvalue weighted by Crippen LogP contribution is 2.30. The van der Waals surface area contributed by atoms with Crippen molar-refractivity contribution in [3.63, 3.8) is 0 Å². The average molecular weight is 214 g/mol. The number of fused-ring (bicyclic) bond motifs is 1. The summed E-state index contributed by atoms with van der Waals surface area (Å²) in [7, 11) is 0. The molecule has 1 aliphatic rings. The van der Waals surface area contributed by atoms with Gasteiger partial charge in [0, 0.05) is 29.3 Å². The molecule has 2 heterocycles. The van der Waals surface area contributed by atoms with Gasteiger partial charge in [0.15, 0.2) is 5.78 Å². The van der Waals surface area contributed by atoms with Crippen molar-refractivity contribution in [2.75, 3.05) is 0 Å². The maximum Gasteiger partial charge on any atom is 0.168 e. The fourth-order valence-electron chi connectivity index (χ4n) is 2.57. The van der Waals surface area contributed by atoms with Gasteiger partial charge in [0.1, 0.15) is 5.65 Å². The lowest BCUT2D eigenvalue weighted by Crippen LogP contribution is -2.10. The van der Waals surface area contributed by atoms with Crippen molar-refractivity contribution in [3.8, 4) is 0 Å². The highest BCUT2D eigenvalue weighted by atomic mass is 16.1. The third kappa shape index (κ3) is 1.43. The fraction of sp³-hybridized carbons (Fsp3) is 0.385. The molecule has 0 spiro atoms. The minimum absolute atomic E-state index is 0.235. The summed E-state index contributed by atoms with van der Waals surface area (Å²) in [5, 5.41) is 0.958. The highest BCUT2D eigenvalue weighted by molar-refractivity contribution is 6.08. The van der Waals surface area contributed by atoms with Crippen LogP contribution >= 0.6 is 0 Å². The van der Waals surface area contributed by atoms with E-state index in [1.54, 1.807) is 12.4 Å². The lowest BCUT2D eigenvalue weighted by atomic mass is 9.96. The Bertz CT molecular complexity index is 523. The maximum atomic E-state index is 12.3. The van der Waals surface area contributed by atoms with Gasteiger partial charge in [-0.2, -0.15) is 0 Å². The Hall–Kier alpha value is -1.64. The molecule has 82 valence electrons. The van der Waals surface area contributed by atoms with E-state index in [0.717, 1.165) is 29.4 Å². The molecular formula is C13H14N2O. The summed E-state index contributed by atoms with van der Waals surface area (Å²) in [4.78, 5) is 19.5. The van der Waals surface area contributed by atoms with E-state index in [1.807, 2.05) is 12.1 Å². The van der Waals surface area contributed by atoms with Crippen LogP contribution in [0.2, 0.25) is 0 Å². The minimum atomic E-state index is 0.235. The number of Topliss-reactive ketones (excluding diaryl/α,β-unsaturated/α-hetero) is 1. The monoisotopic (exact) mass is 214 g/mol. The van der Waals surface area contributed by atoms with E-state index in [4.69, 9.17) is 0 Å². The SMILES string of the molecule is O=C(c1c[nH]c2ncccc12)C1CCCC1. The molecule has 0 aromatic carbocycles. The van der Waals surface area contributed by atoms with Crippen LogP contribution in [-0.2, 0) is 0 Å². The molecule has 0 saturated heterocycles. The van der Waals surface area contributed by atoms with Crippen molar-refractivity contribution in [1.82, 2.24) is 9.97 Å². The molecule has 0 bridgehead atoms. The predicted octanol–water partition coefficient (Wildman–Crippen LogP) is 2.94. The number of H-pyrrole nitrogens is 1. The molecule has 0 aliphatic heterocycles.